The van der Waals surface area contributed by atoms with Crippen molar-refractivity contribution >= 4 is 5.84 Å². The summed E-state index contributed by atoms with van der Waals surface area (Å²) in [4.78, 5) is 4.36. The van der Waals surface area contributed by atoms with E-state index < -0.39 is 0 Å². The van der Waals surface area contributed by atoms with Crippen molar-refractivity contribution in [2.75, 3.05) is 6.54 Å². The Morgan fingerprint density at radius 2 is 2.36 bits per heavy atom. The average Bonchev–Trinajstić information content (AvgIpc) is 2.86. The van der Waals surface area contributed by atoms with Gasteiger partial charge in [0.15, 0.2) is 0 Å². The van der Waals surface area contributed by atoms with Gasteiger partial charge in [0.2, 0.25) is 0 Å². The van der Waals surface area contributed by atoms with Crippen LogP contribution in [-0.4, -0.2) is 12.4 Å². The number of hydrogen-bond acceptors (Lipinski definition) is 1. The minimum Gasteiger partial charge on any atom is -0.266 e. The highest BCUT2D eigenvalue weighted by Gasteiger charge is 2.20. The van der Waals surface area contributed by atoms with Crippen molar-refractivity contribution in [1.29, 1.82) is 0 Å². The van der Waals surface area contributed by atoms with Gasteiger partial charge in [-0.15, -0.1) is 0 Å². The van der Waals surface area contributed by atoms with Crippen molar-refractivity contribution in [2.24, 2.45) is 10.9 Å². The maximum atomic E-state index is 4.36. The second kappa shape index (κ2) is 2.91. The second-order valence-corrected chi connectivity index (χ2v) is 2.97. The predicted octanol–water partition coefficient (Wildman–Crippen LogP) is 1.48. The van der Waals surface area contributed by atoms with Crippen LogP contribution in [0, 0.1) is 5.92 Å². The molecule has 2 heteroatoms. The Kier molecular flexibility index (Phi) is 1.76. The molecule has 2 nitrogen and oxygen atoms in total. The lowest BCUT2D eigenvalue weighted by Gasteiger charge is -1.99. The Morgan fingerprint density at radius 3 is 3.00 bits per heavy atom. The van der Waals surface area contributed by atoms with Crippen LogP contribution < -0.4 is 5.32 Å². The molecule has 0 aromatic rings. The van der Waals surface area contributed by atoms with Crippen LogP contribution in [0.15, 0.2) is 29.4 Å². The third-order valence-corrected chi connectivity index (χ3v) is 1.86. The van der Waals surface area contributed by atoms with Gasteiger partial charge in [-0.3, -0.25) is 4.99 Å². The molecule has 57 valence electrons. The molecule has 1 saturated carbocycles. The summed E-state index contributed by atoms with van der Waals surface area (Å²) >= 11 is 0. The Labute approximate surface area is 66.7 Å². The average molecular weight is 147 g/mol. The fourth-order valence-corrected chi connectivity index (χ4v) is 0.970. The molecule has 1 heterocycles. The lowest BCUT2D eigenvalue weighted by atomic mass is 10.3. The maximum Gasteiger partial charge on any atom is 0.147 e. The standard InChI is InChI=1S/C9H11N2/c1-2-6-10-9(3-1)11-7-8-4-5-8/h1-3,6,8H,4-5,7H2/b11-9+. The highest BCUT2D eigenvalue weighted by molar-refractivity contribution is 5.94. The van der Waals surface area contributed by atoms with E-state index in [1.165, 1.54) is 12.8 Å². The Morgan fingerprint density at radius 1 is 1.45 bits per heavy atom. The van der Waals surface area contributed by atoms with Crippen LogP contribution >= 0.6 is 0 Å². The minimum atomic E-state index is 0.858. The molecule has 1 fully saturated rings. The lowest BCUT2D eigenvalue weighted by molar-refractivity contribution is 0.843. The molecule has 1 aliphatic carbocycles. The van der Waals surface area contributed by atoms with Crippen molar-refractivity contribution < 1.29 is 0 Å². The highest BCUT2D eigenvalue weighted by Crippen LogP contribution is 2.28. The first-order valence-corrected chi connectivity index (χ1v) is 4.04. The molecule has 11 heavy (non-hydrogen) atoms. The van der Waals surface area contributed by atoms with Crippen LogP contribution in [0.1, 0.15) is 12.8 Å². The van der Waals surface area contributed by atoms with Crippen LogP contribution in [0.25, 0.3) is 0 Å². The first-order valence-electron chi connectivity index (χ1n) is 4.04. The van der Waals surface area contributed by atoms with E-state index in [9.17, 15) is 0 Å². The fourth-order valence-electron chi connectivity index (χ4n) is 0.970. The van der Waals surface area contributed by atoms with E-state index in [0.717, 1.165) is 18.3 Å². The number of allylic oxidation sites excluding steroid dienone is 2. The van der Waals surface area contributed by atoms with Gasteiger partial charge in [-0.05, 0) is 30.9 Å². The van der Waals surface area contributed by atoms with Gasteiger partial charge in [0.25, 0.3) is 0 Å². The van der Waals surface area contributed by atoms with Crippen LogP contribution in [0.5, 0.6) is 0 Å². The number of hydrogen-bond donors (Lipinski definition) is 0. The maximum absolute atomic E-state index is 4.36. The van der Waals surface area contributed by atoms with Gasteiger partial charge in [0.1, 0.15) is 5.84 Å². The molecule has 2 aliphatic rings. The van der Waals surface area contributed by atoms with E-state index >= 15 is 0 Å². The molecule has 0 saturated heterocycles. The SMILES string of the molecule is C1=C[N]/C(=N/CC2CC2)C=C1. The molecule has 0 N–H and O–H groups in total. The fraction of sp³-hybridized carbons (Fsp3) is 0.444. The molecule has 1 aliphatic heterocycles. The van der Waals surface area contributed by atoms with Crippen LogP contribution in [0.4, 0.5) is 0 Å². The van der Waals surface area contributed by atoms with E-state index in [0.29, 0.717) is 0 Å². The molecule has 0 aromatic heterocycles. The zero-order valence-corrected chi connectivity index (χ0v) is 6.40. The molecule has 0 unspecified atom stereocenters. The predicted molar refractivity (Wildman–Crippen MR) is 45.4 cm³/mol. The number of nitrogens with zero attached hydrogens (tertiary/aromatic N) is 2. The molecular formula is C9H11N2. The van der Waals surface area contributed by atoms with Crippen molar-refractivity contribution in [3.8, 4) is 0 Å². The quantitative estimate of drug-likeness (QED) is 0.565. The summed E-state index contributed by atoms with van der Waals surface area (Å²) in [6, 6.07) is 0. The summed E-state index contributed by atoms with van der Waals surface area (Å²) in [7, 11) is 0. The van der Waals surface area contributed by atoms with Gasteiger partial charge in [0.05, 0.1) is 0 Å². The Balaban J connectivity index is 1.87. The monoisotopic (exact) mass is 147 g/mol. The molecular weight excluding hydrogens is 136 g/mol. The molecule has 0 spiro atoms. The molecule has 2 rings (SSSR count). The summed E-state index contributed by atoms with van der Waals surface area (Å²) in [6.45, 7) is 0.969. The summed E-state index contributed by atoms with van der Waals surface area (Å²) in [6.07, 6.45) is 10.3. The van der Waals surface area contributed by atoms with Crippen LogP contribution in [0.3, 0.4) is 0 Å². The van der Waals surface area contributed by atoms with Gasteiger partial charge in [-0.1, -0.05) is 6.08 Å². The zero-order valence-electron chi connectivity index (χ0n) is 6.40. The van der Waals surface area contributed by atoms with E-state index in [4.69, 9.17) is 0 Å². The van der Waals surface area contributed by atoms with Gasteiger partial charge < -0.3 is 0 Å². The molecule has 0 bridgehead atoms. The molecule has 0 atom stereocenters. The summed E-state index contributed by atoms with van der Waals surface area (Å²) in [5.74, 6) is 1.73. The minimum absolute atomic E-state index is 0.858. The van der Waals surface area contributed by atoms with E-state index in [1.54, 1.807) is 6.20 Å². The summed E-state index contributed by atoms with van der Waals surface area (Å²) < 4.78 is 0. The first kappa shape index (κ1) is 6.65. The Bertz CT molecular complexity index is 222. The van der Waals surface area contributed by atoms with Gasteiger partial charge in [-0.25, -0.2) is 5.32 Å². The lowest BCUT2D eigenvalue weighted by Crippen LogP contribution is -2.09. The Hall–Kier alpha value is -1.05. The summed E-state index contributed by atoms with van der Waals surface area (Å²) in [5.41, 5.74) is 0. The third kappa shape index (κ3) is 1.93. The largest absolute Gasteiger partial charge is 0.266 e. The third-order valence-electron chi connectivity index (χ3n) is 1.86. The van der Waals surface area contributed by atoms with Gasteiger partial charge in [0, 0.05) is 12.7 Å². The molecule has 1 radical (unpaired) electrons. The van der Waals surface area contributed by atoms with Crippen LogP contribution in [-0.2, 0) is 0 Å². The smallest absolute Gasteiger partial charge is 0.147 e. The number of rotatable bonds is 2. The molecule has 0 amide bonds. The van der Waals surface area contributed by atoms with E-state index in [-0.39, 0.29) is 0 Å². The molecule has 0 aromatic carbocycles. The van der Waals surface area contributed by atoms with E-state index in [2.05, 4.69) is 10.3 Å². The number of aliphatic imine (C=N–C) groups is 1. The van der Waals surface area contributed by atoms with Crippen molar-refractivity contribution in [2.45, 2.75) is 12.8 Å². The van der Waals surface area contributed by atoms with Gasteiger partial charge >= 0.3 is 0 Å². The second-order valence-electron chi connectivity index (χ2n) is 2.97. The van der Waals surface area contributed by atoms with Crippen molar-refractivity contribution in [3.63, 3.8) is 0 Å². The summed E-state index contributed by atoms with van der Waals surface area (Å²) in [5, 5.41) is 4.11. The topological polar surface area (TPSA) is 26.5 Å². The number of amidine groups is 1. The van der Waals surface area contributed by atoms with Gasteiger partial charge in [-0.2, -0.15) is 0 Å². The van der Waals surface area contributed by atoms with Crippen molar-refractivity contribution in [1.82, 2.24) is 5.32 Å². The van der Waals surface area contributed by atoms with Crippen LogP contribution in [0.2, 0.25) is 0 Å². The van der Waals surface area contributed by atoms with E-state index in [1.807, 2.05) is 18.2 Å². The normalized spacial score (nSPS) is 25.6. The first-order chi connectivity index (χ1) is 5.45. The highest BCUT2D eigenvalue weighted by atomic mass is 15.0. The van der Waals surface area contributed by atoms with Crippen molar-refractivity contribution in [3.05, 3.63) is 24.4 Å². The zero-order chi connectivity index (χ0) is 7.52.